The number of rotatable bonds is 7. The highest BCUT2D eigenvalue weighted by molar-refractivity contribution is 5.92. The lowest BCUT2D eigenvalue weighted by molar-refractivity contribution is -0.122. The second-order valence-electron chi connectivity index (χ2n) is 7.50. The minimum atomic E-state index is -0.186. The standard InChI is InChI=1S/C19H31N5O2.ClH/c25-18(13-15-5-2-1-3-6-15)21-10-11-22-19(26)17-8-12-24(23-17)16-7-4-9-20-14-16;/h8,12,15-16,20H,1-7,9-11,13-14H2,(H,21,25)(H,22,26);1H. The van der Waals surface area contributed by atoms with Crippen molar-refractivity contribution in [2.75, 3.05) is 26.2 Å². The summed E-state index contributed by atoms with van der Waals surface area (Å²) in [7, 11) is 0. The molecule has 1 aliphatic carbocycles. The van der Waals surface area contributed by atoms with Gasteiger partial charge < -0.3 is 16.0 Å². The average Bonchev–Trinajstić information content (AvgIpc) is 3.17. The largest absolute Gasteiger partial charge is 0.354 e. The Morgan fingerprint density at radius 3 is 2.63 bits per heavy atom. The maximum Gasteiger partial charge on any atom is 0.271 e. The number of halogens is 1. The first kappa shape index (κ1) is 21.7. The van der Waals surface area contributed by atoms with E-state index in [1.807, 2.05) is 10.9 Å². The lowest BCUT2D eigenvalue weighted by atomic mass is 9.87. The Morgan fingerprint density at radius 2 is 1.89 bits per heavy atom. The van der Waals surface area contributed by atoms with Crippen LogP contribution in [0.15, 0.2) is 12.3 Å². The van der Waals surface area contributed by atoms with Gasteiger partial charge in [-0.15, -0.1) is 12.4 Å². The molecule has 0 bridgehead atoms. The number of carbonyl (C=O) groups excluding carboxylic acids is 2. The molecule has 8 heteroatoms. The van der Waals surface area contributed by atoms with Crippen molar-refractivity contribution in [1.29, 1.82) is 0 Å². The van der Waals surface area contributed by atoms with Crippen molar-refractivity contribution in [3.8, 4) is 0 Å². The molecule has 1 atom stereocenters. The molecule has 27 heavy (non-hydrogen) atoms. The number of amides is 2. The van der Waals surface area contributed by atoms with Gasteiger partial charge in [-0.25, -0.2) is 0 Å². The molecule has 0 spiro atoms. The number of piperidine rings is 1. The Labute approximate surface area is 167 Å². The lowest BCUT2D eigenvalue weighted by Crippen LogP contribution is -2.36. The highest BCUT2D eigenvalue weighted by Crippen LogP contribution is 2.25. The van der Waals surface area contributed by atoms with Gasteiger partial charge in [0.15, 0.2) is 0 Å². The second-order valence-corrected chi connectivity index (χ2v) is 7.50. The van der Waals surface area contributed by atoms with E-state index in [9.17, 15) is 9.59 Å². The van der Waals surface area contributed by atoms with Crippen molar-refractivity contribution in [1.82, 2.24) is 25.7 Å². The zero-order valence-corrected chi connectivity index (χ0v) is 16.7. The number of carbonyl (C=O) groups is 2. The Morgan fingerprint density at radius 1 is 1.11 bits per heavy atom. The van der Waals surface area contributed by atoms with Crippen molar-refractivity contribution < 1.29 is 9.59 Å². The van der Waals surface area contributed by atoms with E-state index >= 15 is 0 Å². The highest BCUT2D eigenvalue weighted by atomic mass is 35.5. The van der Waals surface area contributed by atoms with Crippen LogP contribution in [0, 0.1) is 5.92 Å². The number of nitrogens with zero attached hydrogens (tertiary/aromatic N) is 2. The Balaban J connectivity index is 0.00000261. The van der Waals surface area contributed by atoms with Gasteiger partial charge in [-0.05, 0) is 44.2 Å². The summed E-state index contributed by atoms with van der Waals surface area (Å²) in [6, 6.07) is 2.08. The number of hydrogen-bond acceptors (Lipinski definition) is 4. The van der Waals surface area contributed by atoms with E-state index < -0.39 is 0 Å². The van der Waals surface area contributed by atoms with Gasteiger partial charge in [0.25, 0.3) is 5.91 Å². The van der Waals surface area contributed by atoms with E-state index in [0.717, 1.165) is 25.9 Å². The summed E-state index contributed by atoms with van der Waals surface area (Å²) in [5, 5.41) is 13.5. The first-order valence-electron chi connectivity index (χ1n) is 10.0. The zero-order chi connectivity index (χ0) is 18.2. The van der Waals surface area contributed by atoms with Crippen molar-refractivity contribution >= 4 is 24.2 Å². The quantitative estimate of drug-likeness (QED) is 0.614. The third kappa shape index (κ3) is 6.81. The number of hydrogen-bond donors (Lipinski definition) is 3. The van der Waals surface area contributed by atoms with Crippen LogP contribution in [0.2, 0.25) is 0 Å². The van der Waals surface area contributed by atoms with E-state index in [1.165, 1.54) is 32.1 Å². The van der Waals surface area contributed by atoms with E-state index in [-0.39, 0.29) is 24.2 Å². The van der Waals surface area contributed by atoms with E-state index in [4.69, 9.17) is 0 Å². The van der Waals surface area contributed by atoms with Crippen molar-refractivity contribution in [3.05, 3.63) is 18.0 Å². The summed E-state index contributed by atoms with van der Waals surface area (Å²) in [6.45, 7) is 2.84. The van der Waals surface area contributed by atoms with Crippen molar-refractivity contribution in [2.24, 2.45) is 5.92 Å². The van der Waals surface area contributed by atoms with Gasteiger partial charge in [0.05, 0.1) is 6.04 Å². The van der Waals surface area contributed by atoms with Crippen LogP contribution in [-0.4, -0.2) is 47.8 Å². The SMILES string of the molecule is Cl.O=C(CC1CCCCC1)NCCNC(=O)c1ccn(C2CCCNC2)n1. The fourth-order valence-corrected chi connectivity index (χ4v) is 3.92. The molecule has 0 radical (unpaired) electrons. The van der Waals surface area contributed by atoms with E-state index in [2.05, 4.69) is 21.0 Å². The molecule has 2 heterocycles. The van der Waals surface area contributed by atoms with Crippen LogP contribution >= 0.6 is 12.4 Å². The van der Waals surface area contributed by atoms with Crippen molar-refractivity contribution in [2.45, 2.75) is 57.4 Å². The zero-order valence-electron chi connectivity index (χ0n) is 15.9. The monoisotopic (exact) mass is 397 g/mol. The van der Waals surface area contributed by atoms with E-state index in [1.54, 1.807) is 6.07 Å². The van der Waals surface area contributed by atoms with Gasteiger partial charge in [-0.3, -0.25) is 14.3 Å². The number of aromatic nitrogens is 2. The van der Waals surface area contributed by atoms with Gasteiger partial charge in [0.1, 0.15) is 5.69 Å². The van der Waals surface area contributed by atoms with Gasteiger partial charge in [0, 0.05) is 32.3 Å². The fraction of sp³-hybridized carbons (Fsp3) is 0.737. The Kier molecular flexibility index (Phi) is 9.07. The van der Waals surface area contributed by atoms with Crippen LogP contribution < -0.4 is 16.0 Å². The summed E-state index contributed by atoms with van der Waals surface area (Å²) in [4.78, 5) is 24.1. The minimum Gasteiger partial charge on any atom is -0.354 e. The normalized spacial score (nSPS) is 20.5. The maximum atomic E-state index is 12.2. The lowest BCUT2D eigenvalue weighted by Gasteiger charge is -2.22. The van der Waals surface area contributed by atoms with Gasteiger partial charge in [0.2, 0.25) is 5.91 Å². The van der Waals surface area contributed by atoms with Crippen LogP contribution in [0.3, 0.4) is 0 Å². The van der Waals surface area contributed by atoms with Crippen molar-refractivity contribution in [3.63, 3.8) is 0 Å². The predicted octanol–water partition coefficient (Wildman–Crippen LogP) is 2.05. The summed E-state index contributed by atoms with van der Waals surface area (Å²) in [5.74, 6) is 0.450. The molecule has 2 amide bonds. The maximum absolute atomic E-state index is 12.2. The fourth-order valence-electron chi connectivity index (χ4n) is 3.92. The van der Waals surface area contributed by atoms with Gasteiger partial charge in [-0.1, -0.05) is 19.3 Å². The van der Waals surface area contributed by atoms with Crippen LogP contribution in [0.5, 0.6) is 0 Å². The first-order chi connectivity index (χ1) is 12.7. The molecule has 0 aromatic carbocycles. The van der Waals surface area contributed by atoms with Crippen LogP contribution in [0.1, 0.15) is 67.9 Å². The van der Waals surface area contributed by atoms with Gasteiger partial charge >= 0.3 is 0 Å². The predicted molar refractivity (Wildman–Crippen MR) is 107 cm³/mol. The molecule has 1 saturated carbocycles. The molecule has 1 aromatic rings. The average molecular weight is 398 g/mol. The smallest absolute Gasteiger partial charge is 0.271 e. The third-order valence-electron chi connectivity index (χ3n) is 5.42. The summed E-state index contributed by atoms with van der Waals surface area (Å²) in [6.07, 6.45) is 10.8. The molecule has 1 saturated heterocycles. The Bertz CT molecular complexity index is 595. The molecule has 7 nitrogen and oxygen atoms in total. The molecular formula is C19H32ClN5O2. The summed E-state index contributed by atoms with van der Waals surface area (Å²) >= 11 is 0. The molecular weight excluding hydrogens is 366 g/mol. The summed E-state index contributed by atoms with van der Waals surface area (Å²) < 4.78 is 1.88. The molecule has 3 N–H and O–H groups in total. The highest BCUT2D eigenvalue weighted by Gasteiger charge is 2.18. The molecule has 3 rings (SSSR count). The molecule has 1 aromatic heterocycles. The molecule has 2 fully saturated rings. The van der Waals surface area contributed by atoms with E-state index in [0.29, 0.717) is 37.2 Å². The van der Waals surface area contributed by atoms with Crippen LogP contribution in [-0.2, 0) is 4.79 Å². The van der Waals surface area contributed by atoms with Crippen LogP contribution in [0.25, 0.3) is 0 Å². The Hall–Kier alpha value is -1.60. The van der Waals surface area contributed by atoms with Crippen LogP contribution in [0.4, 0.5) is 0 Å². The third-order valence-corrected chi connectivity index (χ3v) is 5.42. The molecule has 1 aliphatic heterocycles. The molecule has 152 valence electrons. The first-order valence-corrected chi connectivity index (χ1v) is 10.0. The topological polar surface area (TPSA) is 88.0 Å². The summed E-state index contributed by atoms with van der Waals surface area (Å²) in [5.41, 5.74) is 0.434. The van der Waals surface area contributed by atoms with Gasteiger partial charge in [-0.2, -0.15) is 5.10 Å². The number of nitrogens with one attached hydrogen (secondary N) is 3. The second kappa shape index (κ2) is 11.3. The minimum absolute atomic E-state index is 0. The molecule has 1 unspecified atom stereocenters. The molecule has 2 aliphatic rings.